The summed E-state index contributed by atoms with van der Waals surface area (Å²) in [6.07, 6.45) is 2.17. The number of rotatable bonds is 4. The summed E-state index contributed by atoms with van der Waals surface area (Å²) in [5, 5.41) is 2.95. The van der Waals surface area contributed by atoms with E-state index in [1.807, 2.05) is 0 Å². The van der Waals surface area contributed by atoms with E-state index in [-0.39, 0.29) is 27.4 Å². The zero-order valence-electron chi connectivity index (χ0n) is 12.8. The van der Waals surface area contributed by atoms with Gasteiger partial charge in [0.2, 0.25) is 5.91 Å². The van der Waals surface area contributed by atoms with Crippen molar-refractivity contribution in [1.82, 2.24) is 4.98 Å². The number of ether oxygens (including phenoxy) is 1. The average Bonchev–Trinajstić information content (AvgIpc) is 2.61. The van der Waals surface area contributed by atoms with E-state index in [2.05, 4.69) is 10.3 Å². The molecule has 2 heterocycles. The first-order valence-electron chi connectivity index (χ1n) is 7.38. The van der Waals surface area contributed by atoms with Crippen molar-refractivity contribution in [3.63, 3.8) is 0 Å². The number of nitrogens with zero attached hydrogens (tertiary/aromatic N) is 1. The number of hydrogen-bond donors (Lipinski definition) is 1. The van der Waals surface area contributed by atoms with Crippen LogP contribution in [-0.2, 0) is 16.0 Å². The molecule has 0 saturated heterocycles. The highest BCUT2D eigenvalue weighted by atomic mass is 35.5. The molecule has 0 unspecified atom stereocenters. The highest BCUT2D eigenvalue weighted by molar-refractivity contribution is 6.41. The number of carbonyl (C=O) groups is 3. The molecular formula is C17H12Cl2N2O4. The minimum Gasteiger partial charge on any atom is -0.454 e. The second kappa shape index (κ2) is 7.21. The van der Waals surface area contributed by atoms with Crippen molar-refractivity contribution in [3.05, 3.63) is 57.3 Å². The number of ketones is 1. The van der Waals surface area contributed by atoms with Gasteiger partial charge in [0.1, 0.15) is 5.15 Å². The molecule has 0 aliphatic carbocycles. The van der Waals surface area contributed by atoms with Crippen molar-refractivity contribution in [2.45, 2.75) is 12.8 Å². The molecule has 6 nitrogen and oxygen atoms in total. The lowest BCUT2D eigenvalue weighted by molar-refractivity contribution is -0.116. The average molecular weight is 379 g/mol. The van der Waals surface area contributed by atoms with E-state index in [4.69, 9.17) is 27.9 Å². The quantitative estimate of drug-likeness (QED) is 0.501. The summed E-state index contributed by atoms with van der Waals surface area (Å²) in [5.41, 5.74) is 2.10. The molecule has 0 atom stereocenters. The Labute approximate surface area is 153 Å². The van der Waals surface area contributed by atoms with Crippen LogP contribution < -0.4 is 5.32 Å². The Morgan fingerprint density at radius 1 is 1.16 bits per heavy atom. The summed E-state index contributed by atoms with van der Waals surface area (Å²) < 4.78 is 5.00. The van der Waals surface area contributed by atoms with Gasteiger partial charge in [0.15, 0.2) is 12.4 Å². The van der Waals surface area contributed by atoms with Crippen molar-refractivity contribution < 1.29 is 19.1 Å². The third-order valence-electron chi connectivity index (χ3n) is 3.69. The number of anilines is 1. The Balaban J connectivity index is 1.65. The van der Waals surface area contributed by atoms with Gasteiger partial charge in [-0.25, -0.2) is 9.78 Å². The van der Waals surface area contributed by atoms with Gasteiger partial charge in [-0.2, -0.15) is 0 Å². The molecule has 3 rings (SSSR count). The number of aromatic nitrogens is 1. The number of nitrogens with one attached hydrogen (secondary N) is 1. The van der Waals surface area contributed by atoms with Crippen LogP contribution in [0.1, 0.15) is 32.7 Å². The SMILES string of the molecule is O=C1CCc2cc(C(=O)COC(=O)c3cnc(Cl)c(Cl)c3)ccc2N1. The van der Waals surface area contributed by atoms with Gasteiger partial charge >= 0.3 is 5.97 Å². The smallest absolute Gasteiger partial charge is 0.340 e. The lowest BCUT2D eigenvalue weighted by Gasteiger charge is -2.17. The fourth-order valence-electron chi connectivity index (χ4n) is 2.39. The van der Waals surface area contributed by atoms with Crippen molar-refractivity contribution in [2.24, 2.45) is 0 Å². The highest BCUT2D eigenvalue weighted by Gasteiger charge is 2.18. The molecule has 0 fully saturated rings. The van der Waals surface area contributed by atoms with E-state index in [1.165, 1.54) is 12.3 Å². The predicted molar refractivity (Wildman–Crippen MR) is 92.3 cm³/mol. The van der Waals surface area contributed by atoms with Gasteiger partial charge in [-0.15, -0.1) is 0 Å². The molecular weight excluding hydrogens is 367 g/mol. The molecule has 1 aromatic heterocycles. The second-order valence-electron chi connectivity index (χ2n) is 5.42. The van der Waals surface area contributed by atoms with Crippen LogP contribution in [0.15, 0.2) is 30.5 Å². The first-order chi connectivity index (χ1) is 11.9. The summed E-state index contributed by atoms with van der Waals surface area (Å²) in [6, 6.07) is 6.28. The van der Waals surface area contributed by atoms with Gasteiger partial charge in [-0.3, -0.25) is 9.59 Å². The number of carbonyl (C=O) groups excluding carboxylic acids is 3. The van der Waals surface area contributed by atoms with Crippen molar-refractivity contribution in [2.75, 3.05) is 11.9 Å². The Kier molecular flexibility index (Phi) is 5.01. The molecule has 1 aliphatic heterocycles. The number of hydrogen-bond acceptors (Lipinski definition) is 5. The maximum absolute atomic E-state index is 12.2. The number of pyridine rings is 1. The van der Waals surface area contributed by atoms with Gasteiger partial charge in [0.05, 0.1) is 10.6 Å². The molecule has 25 heavy (non-hydrogen) atoms. The minimum atomic E-state index is -0.718. The van der Waals surface area contributed by atoms with Gasteiger partial charge in [-0.05, 0) is 36.2 Å². The first kappa shape index (κ1) is 17.4. The fraction of sp³-hybridized carbons (Fsp3) is 0.176. The van der Waals surface area contributed by atoms with Crippen LogP contribution in [0, 0.1) is 0 Å². The second-order valence-corrected chi connectivity index (χ2v) is 6.18. The summed E-state index contributed by atoms with van der Waals surface area (Å²) in [4.78, 5) is 39.3. The van der Waals surface area contributed by atoms with Crippen LogP contribution in [-0.4, -0.2) is 29.3 Å². The zero-order chi connectivity index (χ0) is 18.0. The fourth-order valence-corrected chi connectivity index (χ4v) is 2.66. The predicted octanol–water partition coefficient (Wildman–Crippen LogP) is 3.31. The summed E-state index contributed by atoms with van der Waals surface area (Å²) in [5.74, 6) is -1.11. The number of Topliss-reactive ketones (excluding diaryl/α,β-unsaturated/α-hetero) is 1. The zero-order valence-corrected chi connectivity index (χ0v) is 14.4. The summed E-state index contributed by atoms with van der Waals surface area (Å²) in [6.45, 7) is -0.412. The topological polar surface area (TPSA) is 85.4 Å². The summed E-state index contributed by atoms with van der Waals surface area (Å²) >= 11 is 11.5. The van der Waals surface area contributed by atoms with E-state index in [1.54, 1.807) is 18.2 Å². The molecule has 1 aliphatic rings. The van der Waals surface area contributed by atoms with Crippen LogP contribution in [0.5, 0.6) is 0 Å². The maximum atomic E-state index is 12.2. The van der Waals surface area contributed by atoms with Crippen LogP contribution in [0.2, 0.25) is 10.2 Å². The Hall–Kier alpha value is -2.44. The van der Waals surface area contributed by atoms with E-state index >= 15 is 0 Å². The molecule has 2 aromatic rings. The normalized spacial score (nSPS) is 13.0. The minimum absolute atomic E-state index is 0.0456. The van der Waals surface area contributed by atoms with Crippen LogP contribution >= 0.6 is 23.2 Å². The lowest BCUT2D eigenvalue weighted by Crippen LogP contribution is -2.20. The highest BCUT2D eigenvalue weighted by Crippen LogP contribution is 2.24. The van der Waals surface area contributed by atoms with Gasteiger partial charge in [0.25, 0.3) is 0 Å². The number of fused-ring (bicyclic) bond motifs is 1. The molecule has 1 N–H and O–H groups in total. The largest absolute Gasteiger partial charge is 0.454 e. The number of esters is 1. The van der Waals surface area contributed by atoms with Gasteiger partial charge in [-0.1, -0.05) is 23.2 Å². The molecule has 0 bridgehead atoms. The molecule has 128 valence electrons. The molecule has 1 aromatic carbocycles. The molecule has 0 radical (unpaired) electrons. The number of aryl methyl sites for hydroxylation is 1. The molecule has 0 saturated carbocycles. The monoisotopic (exact) mass is 378 g/mol. The van der Waals surface area contributed by atoms with Crippen LogP contribution in [0.3, 0.4) is 0 Å². The van der Waals surface area contributed by atoms with Crippen molar-refractivity contribution in [3.8, 4) is 0 Å². The number of amides is 1. The van der Waals surface area contributed by atoms with E-state index in [0.29, 0.717) is 24.1 Å². The first-order valence-corrected chi connectivity index (χ1v) is 8.14. The maximum Gasteiger partial charge on any atom is 0.340 e. The molecule has 1 amide bonds. The Bertz CT molecular complexity index is 883. The molecule has 8 heteroatoms. The van der Waals surface area contributed by atoms with Crippen LogP contribution in [0.25, 0.3) is 0 Å². The van der Waals surface area contributed by atoms with E-state index in [9.17, 15) is 14.4 Å². The number of benzene rings is 1. The Morgan fingerprint density at radius 2 is 1.96 bits per heavy atom. The Morgan fingerprint density at radius 3 is 2.72 bits per heavy atom. The lowest BCUT2D eigenvalue weighted by atomic mass is 9.99. The third-order valence-corrected chi connectivity index (χ3v) is 4.38. The summed E-state index contributed by atoms with van der Waals surface area (Å²) in [7, 11) is 0. The number of halogens is 2. The molecule has 0 spiro atoms. The van der Waals surface area contributed by atoms with Gasteiger partial charge in [0, 0.05) is 23.9 Å². The van der Waals surface area contributed by atoms with Crippen molar-refractivity contribution >= 4 is 46.5 Å². The van der Waals surface area contributed by atoms with Gasteiger partial charge < -0.3 is 10.1 Å². The van der Waals surface area contributed by atoms with E-state index < -0.39 is 12.6 Å². The standard InChI is InChI=1S/C17H12Cl2N2O4/c18-12-6-11(7-20-16(12)19)17(24)25-8-14(22)10-1-3-13-9(5-10)2-4-15(23)21-13/h1,3,5-7H,2,4,8H2,(H,21,23). The van der Waals surface area contributed by atoms with Crippen LogP contribution in [0.4, 0.5) is 5.69 Å². The van der Waals surface area contributed by atoms with E-state index in [0.717, 1.165) is 5.56 Å². The third kappa shape index (κ3) is 3.97. The van der Waals surface area contributed by atoms with Crippen molar-refractivity contribution in [1.29, 1.82) is 0 Å².